The summed E-state index contributed by atoms with van der Waals surface area (Å²) in [5.41, 5.74) is -2.72. The summed E-state index contributed by atoms with van der Waals surface area (Å²) in [6, 6.07) is 0. The molecule has 0 unspecified atom stereocenters. The van der Waals surface area contributed by atoms with E-state index < -0.39 is 46.3 Å². The minimum atomic E-state index is -1.30. The van der Waals surface area contributed by atoms with Crippen LogP contribution in [0.5, 0.6) is 0 Å². The highest BCUT2D eigenvalue weighted by Gasteiger charge is 2.50. The Kier molecular flexibility index (Phi) is 19.4. The van der Waals surface area contributed by atoms with Gasteiger partial charge in [-0.2, -0.15) is 0 Å². The van der Waals surface area contributed by atoms with Gasteiger partial charge in [-0.25, -0.2) is 4.79 Å². The van der Waals surface area contributed by atoms with E-state index in [4.69, 9.17) is 14.3 Å². The van der Waals surface area contributed by atoms with Crippen molar-refractivity contribution in [2.45, 2.75) is 201 Å². The smallest absolute Gasteiger partial charge is 0.333 e. The quantitative estimate of drug-likeness (QED) is 0.0439. The third-order valence-corrected chi connectivity index (χ3v) is 8.22. The number of ether oxygens (including phenoxy) is 2. The van der Waals surface area contributed by atoms with Crippen molar-refractivity contribution in [3.05, 3.63) is 0 Å². The van der Waals surface area contributed by atoms with E-state index >= 15 is 0 Å². The van der Waals surface area contributed by atoms with Crippen LogP contribution in [0.1, 0.15) is 190 Å². The molecule has 2 amide bonds. The SMILES string of the molecule is CCCCCCCCCCCC(CCCCCCCCCCC(=O)ON1C(=O)CCC1=O)(C(=O)OC(C)(C)C)C(=O)OC(C)(C)C. The molecular weight excluding hydrogens is 586 g/mol. The molecule has 0 radical (unpaired) electrons. The van der Waals surface area contributed by atoms with E-state index in [1.807, 2.05) is 41.5 Å². The number of rotatable bonds is 24. The number of nitrogens with zero attached hydrogens (tertiary/aromatic N) is 1. The van der Waals surface area contributed by atoms with Crippen molar-refractivity contribution < 1.29 is 38.3 Å². The first kappa shape index (κ1) is 41.6. The number of hydroxylamine groups is 2. The Balaban J connectivity index is 2.58. The lowest BCUT2D eigenvalue weighted by Crippen LogP contribution is -2.46. The largest absolute Gasteiger partial charge is 0.459 e. The van der Waals surface area contributed by atoms with Crippen molar-refractivity contribution in [2.24, 2.45) is 5.41 Å². The van der Waals surface area contributed by atoms with Crippen LogP contribution in [0.15, 0.2) is 0 Å². The lowest BCUT2D eigenvalue weighted by molar-refractivity contribution is -0.197. The molecule has 0 aromatic rings. The number of imide groups is 1. The fraction of sp³-hybridized carbons (Fsp3) is 0.865. The number of amides is 2. The summed E-state index contributed by atoms with van der Waals surface area (Å²) in [5, 5.41) is 0.596. The molecule has 1 aliphatic rings. The first-order valence-corrected chi connectivity index (χ1v) is 18.1. The van der Waals surface area contributed by atoms with Crippen molar-refractivity contribution in [3.8, 4) is 0 Å². The van der Waals surface area contributed by atoms with E-state index in [0.717, 1.165) is 64.2 Å². The predicted octanol–water partition coefficient (Wildman–Crippen LogP) is 9.09. The lowest BCUT2D eigenvalue weighted by Gasteiger charge is -2.35. The molecule has 1 rings (SSSR count). The van der Waals surface area contributed by atoms with Gasteiger partial charge in [-0.15, -0.1) is 5.06 Å². The second kappa shape index (κ2) is 21.4. The Morgan fingerprint density at radius 2 is 0.913 bits per heavy atom. The van der Waals surface area contributed by atoms with E-state index in [2.05, 4.69) is 6.92 Å². The predicted molar refractivity (Wildman–Crippen MR) is 179 cm³/mol. The normalized spacial score (nSPS) is 14.1. The molecule has 0 N–H and O–H groups in total. The van der Waals surface area contributed by atoms with Crippen molar-refractivity contribution in [1.29, 1.82) is 0 Å². The lowest BCUT2D eigenvalue weighted by atomic mass is 9.77. The van der Waals surface area contributed by atoms with E-state index in [1.54, 1.807) is 0 Å². The molecule has 0 bridgehead atoms. The number of carbonyl (C=O) groups excluding carboxylic acids is 5. The molecule has 0 atom stereocenters. The van der Waals surface area contributed by atoms with Crippen LogP contribution in [-0.4, -0.2) is 46.0 Å². The Morgan fingerprint density at radius 1 is 0.565 bits per heavy atom. The van der Waals surface area contributed by atoms with Crippen molar-refractivity contribution in [1.82, 2.24) is 5.06 Å². The molecule has 1 aliphatic heterocycles. The molecule has 1 fully saturated rings. The van der Waals surface area contributed by atoms with E-state index in [0.29, 0.717) is 24.3 Å². The molecule has 0 spiro atoms. The Morgan fingerprint density at radius 3 is 1.28 bits per heavy atom. The number of carbonyl (C=O) groups is 5. The highest BCUT2D eigenvalue weighted by molar-refractivity contribution is 6.01. The topological polar surface area (TPSA) is 116 Å². The number of hydrogen-bond donors (Lipinski definition) is 0. The summed E-state index contributed by atoms with van der Waals surface area (Å²) in [7, 11) is 0. The third kappa shape index (κ3) is 17.5. The fourth-order valence-electron chi connectivity index (χ4n) is 5.67. The van der Waals surface area contributed by atoms with Crippen LogP contribution < -0.4 is 0 Å². The molecule has 1 heterocycles. The highest BCUT2D eigenvalue weighted by atomic mass is 16.7. The zero-order valence-corrected chi connectivity index (χ0v) is 30.3. The average Bonchev–Trinajstić information content (AvgIpc) is 3.26. The maximum Gasteiger partial charge on any atom is 0.333 e. The molecule has 46 heavy (non-hydrogen) atoms. The molecule has 9 nitrogen and oxygen atoms in total. The van der Waals surface area contributed by atoms with Gasteiger partial charge in [-0.3, -0.25) is 19.2 Å². The minimum Gasteiger partial charge on any atom is -0.459 e. The Bertz CT molecular complexity index is 902. The summed E-state index contributed by atoms with van der Waals surface area (Å²) in [6.45, 7) is 13.2. The first-order valence-electron chi connectivity index (χ1n) is 18.1. The average molecular weight is 652 g/mol. The van der Waals surface area contributed by atoms with Crippen LogP contribution in [0.4, 0.5) is 0 Å². The van der Waals surface area contributed by atoms with Crippen molar-refractivity contribution in [2.75, 3.05) is 0 Å². The number of hydrogen-bond acceptors (Lipinski definition) is 8. The molecule has 0 saturated carbocycles. The maximum atomic E-state index is 13.7. The summed E-state index contributed by atoms with van der Waals surface area (Å²) in [5.74, 6) is -2.41. The monoisotopic (exact) mass is 651 g/mol. The summed E-state index contributed by atoms with van der Waals surface area (Å²) < 4.78 is 11.7. The standard InChI is InChI=1S/C37H65NO8/c1-8-9-10-11-12-14-17-20-23-28-37(33(42)44-35(2,3)4,34(43)45-36(5,6)7)29-24-21-18-15-13-16-19-22-25-32(41)46-38-30(39)26-27-31(38)40/h8-29H2,1-7H3. The molecule has 1 saturated heterocycles. The van der Waals surface area contributed by atoms with Gasteiger partial charge in [0.15, 0.2) is 5.41 Å². The maximum absolute atomic E-state index is 13.7. The second-order valence-electron chi connectivity index (χ2n) is 15.0. The van der Waals surface area contributed by atoms with Gasteiger partial charge in [0.25, 0.3) is 11.8 Å². The van der Waals surface area contributed by atoms with Crippen LogP contribution in [0.25, 0.3) is 0 Å². The molecule has 266 valence electrons. The van der Waals surface area contributed by atoms with Gasteiger partial charge in [0.2, 0.25) is 0 Å². The van der Waals surface area contributed by atoms with Gasteiger partial charge in [-0.05, 0) is 60.8 Å². The Labute approximate surface area is 279 Å². The molecule has 0 aromatic heterocycles. The third-order valence-electron chi connectivity index (χ3n) is 8.22. The van der Waals surface area contributed by atoms with Crippen LogP contribution in [0, 0.1) is 5.41 Å². The van der Waals surface area contributed by atoms with Crippen LogP contribution in [0.3, 0.4) is 0 Å². The minimum absolute atomic E-state index is 0.0917. The number of unbranched alkanes of at least 4 members (excludes halogenated alkanes) is 15. The van der Waals surface area contributed by atoms with E-state index in [-0.39, 0.29) is 19.3 Å². The molecule has 9 heteroatoms. The molecule has 0 aliphatic carbocycles. The fourth-order valence-corrected chi connectivity index (χ4v) is 5.67. The van der Waals surface area contributed by atoms with Gasteiger partial charge in [-0.1, -0.05) is 110 Å². The van der Waals surface area contributed by atoms with E-state index in [1.165, 1.54) is 38.5 Å². The summed E-state index contributed by atoms with van der Waals surface area (Å²) >= 11 is 0. The van der Waals surface area contributed by atoms with Gasteiger partial charge in [0, 0.05) is 19.3 Å². The van der Waals surface area contributed by atoms with Crippen molar-refractivity contribution >= 4 is 29.7 Å². The zero-order chi connectivity index (χ0) is 34.6. The summed E-state index contributed by atoms with van der Waals surface area (Å²) in [4.78, 5) is 67.5. The van der Waals surface area contributed by atoms with E-state index in [9.17, 15) is 24.0 Å². The van der Waals surface area contributed by atoms with Gasteiger partial charge in [0.05, 0.1) is 0 Å². The molecular formula is C37H65NO8. The molecule has 0 aromatic carbocycles. The van der Waals surface area contributed by atoms with Crippen LogP contribution in [-0.2, 0) is 38.3 Å². The first-order chi connectivity index (χ1) is 21.6. The summed E-state index contributed by atoms with van der Waals surface area (Å²) in [6.07, 6.45) is 18.7. The second-order valence-corrected chi connectivity index (χ2v) is 15.0. The van der Waals surface area contributed by atoms with Crippen molar-refractivity contribution in [3.63, 3.8) is 0 Å². The highest BCUT2D eigenvalue weighted by Crippen LogP contribution is 2.38. The van der Waals surface area contributed by atoms with Gasteiger partial charge in [0.1, 0.15) is 11.2 Å². The van der Waals surface area contributed by atoms with Gasteiger partial charge < -0.3 is 14.3 Å². The van der Waals surface area contributed by atoms with Crippen LogP contribution >= 0.6 is 0 Å². The van der Waals surface area contributed by atoms with Crippen LogP contribution in [0.2, 0.25) is 0 Å². The Hall–Kier alpha value is -2.45. The number of esters is 2. The zero-order valence-electron chi connectivity index (χ0n) is 30.3. The van der Waals surface area contributed by atoms with Gasteiger partial charge >= 0.3 is 17.9 Å².